The van der Waals surface area contributed by atoms with E-state index in [2.05, 4.69) is 35.3 Å². The Kier molecular flexibility index (Phi) is 4.12. The van der Waals surface area contributed by atoms with E-state index in [-0.39, 0.29) is 6.04 Å². The van der Waals surface area contributed by atoms with E-state index in [4.69, 9.17) is 5.73 Å². The van der Waals surface area contributed by atoms with Crippen LogP contribution in [0.15, 0.2) is 48.7 Å². The van der Waals surface area contributed by atoms with Gasteiger partial charge in [-0.05, 0) is 54.9 Å². The van der Waals surface area contributed by atoms with Crippen molar-refractivity contribution in [2.45, 2.75) is 44.1 Å². The monoisotopic (exact) mass is 266 g/mol. The van der Waals surface area contributed by atoms with Gasteiger partial charge >= 0.3 is 0 Å². The standard InChI is InChI=1S/C18H22N2/c19-18(11-10-17-9-1-2-12-20-17)16-8-4-7-15(13-16)14-5-3-6-14/h1-2,4,7-9,12-14,18H,3,5-6,10-11,19H2. The Hall–Kier alpha value is -1.67. The average molecular weight is 266 g/mol. The van der Waals surface area contributed by atoms with Gasteiger partial charge in [0.1, 0.15) is 0 Å². The maximum Gasteiger partial charge on any atom is 0.0404 e. The Labute approximate surface area is 121 Å². The number of hydrogen-bond donors (Lipinski definition) is 1. The van der Waals surface area contributed by atoms with Gasteiger partial charge in [-0.3, -0.25) is 4.98 Å². The van der Waals surface area contributed by atoms with Crippen molar-refractivity contribution >= 4 is 0 Å². The van der Waals surface area contributed by atoms with Crippen molar-refractivity contribution in [1.29, 1.82) is 0 Å². The number of aromatic nitrogens is 1. The summed E-state index contributed by atoms with van der Waals surface area (Å²) < 4.78 is 0. The molecule has 104 valence electrons. The molecule has 0 radical (unpaired) electrons. The van der Waals surface area contributed by atoms with Crippen LogP contribution in [0, 0.1) is 0 Å². The highest BCUT2D eigenvalue weighted by Gasteiger charge is 2.20. The largest absolute Gasteiger partial charge is 0.324 e. The van der Waals surface area contributed by atoms with Crippen LogP contribution >= 0.6 is 0 Å². The van der Waals surface area contributed by atoms with Crippen molar-refractivity contribution in [3.05, 3.63) is 65.5 Å². The predicted octanol–water partition coefficient (Wildman–Crippen LogP) is 3.98. The van der Waals surface area contributed by atoms with Crippen molar-refractivity contribution in [3.8, 4) is 0 Å². The summed E-state index contributed by atoms with van der Waals surface area (Å²) in [6.45, 7) is 0. The number of nitrogens with two attached hydrogens (primary N) is 1. The highest BCUT2D eigenvalue weighted by Crippen LogP contribution is 2.37. The van der Waals surface area contributed by atoms with Gasteiger partial charge in [0, 0.05) is 17.9 Å². The lowest BCUT2D eigenvalue weighted by Crippen LogP contribution is -2.14. The maximum absolute atomic E-state index is 6.34. The summed E-state index contributed by atoms with van der Waals surface area (Å²) in [4.78, 5) is 4.36. The fourth-order valence-corrected chi connectivity index (χ4v) is 2.80. The average Bonchev–Trinajstić information content (AvgIpc) is 2.44. The molecule has 3 rings (SSSR count). The molecule has 20 heavy (non-hydrogen) atoms. The molecule has 0 saturated heterocycles. The smallest absolute Gasteiger partial charge is 0.0404 e. The molecule has 2 N–H and O–H groups in total. The normalized spacial score (nSPS) is 16.6. The van der Waals surface area contributed by atoms with Crippen LogP contribution in [0.5, 0.6) is 0 Å². The zero-order valence-electron chi connectivity index (χ0n) is 11.8. The summed E-state index contributed by atoms with van der Waals surface area (Å²) in [6.07, 6.45) is 7.79. The molecule has 0 bridgehead atoms. The molecular formula is C18H22N2. The number of pyridine rings is 1. The Balaban J connectivity index is 1.63. The minimum absolute atomic E-state index is 0.108. The molecule has 0 spiro atoms. The molecule has 1 aliphatic carbocycles. The molecule has 2 aromatic rings. The summed E-state index contributed by atoms with van der Waals surface area (Å²) in [5.41, 5.74) is 10.2. The van der Waals surface area contributed by atoms with Crippen molar-refractivity contribution in [2.75, 3.05) is 0 Å². The number of nitrogens with zero attached hydrogens (tertiary/aromatic N) is 1. The van der Waals surface area contributed by atoms with Crippen LogP contribution in [0.2, 0.25) is 0 Å². The number of hydrogen-bond acceptors (Lipinski definition) is 2. The minimum atomic E-state index is 0.108. The first kappa shape index (κ1) is 13.3. The van der Waals surface area contributed by atoms with Crippen LogP contribution in [0.1, 0.15) is 54.5 Å². The van der Waals surface area contributed by atoms with E-state index in [0.29, 0.717) is 0 Å². The van der Waals surface area contributed by atoms with Crippen LogP contribution in [0.25, 0.3) is 0 Å². The van der Waals surface area contributed by atoms with Crippen LogP contribution in [-0.4, -0.2) is 4.98 Å². The Bertz CT molecular complexity index is 546. The van der Waals surface area contributed by atoms with E-state index in [1.807, 2.05) is 18.3 Å². The third-order valence-electron chi connectivity index (χ3n) is 4.35. The second-order valence-corrected chi connectivity index (χ2v) is 5.76. The van der Waals surface area contributed by atoms with Crippen LogP contribution in [0.4, 0.5) is 0 Å². The topological polar surface area (TPSA) is 38.9 Å². The lowest BCUT2D eigenvalue weighted by atomic mass is 9.79. The maximum atomic E-state index is 6.34. The number of benzene rings is 1. The Morgan fingerprint density at radius 2 is 2.05 bits per heavy atom. The van der Waals surface area contributed by atoms with Gasteiger partial charge in [0.25, 0.3) is 0 Å². The quantitative estimate of drug-likeness (QED) is 0.889. The molecule has 1 fully saturated rings. The molecule has 1 atom stereocenters. The molecule has 0 amide bonds. The van der Waals surface area contributed by atoms with Crippen molar-refractivity contribution in [2.24, 2.45) is 5.73 Å². The van der Waals surface area contributed by atoms with Crippen molar-refractivity contribution in [3.63, 3.8) is 0 Å². The minimum Gasteiger partial charge on any atom is -0.324 e. The second-order valence-electron chi connectivity index (χ2n) is 5.76. The molecule has 1 saturated carbocycles. The molecule has 2 nitrogen and oxygen atoms in total. The summed E-state index contributed by atoms with van der Waals surface area (Å²) in [5, 5.41) is 0. The summed E-state index contributed by atoms with van der Waals surface area (Å²) in [5.74, 6) is 0.776. The summed E-state index contributed by atoms with van der Waals surface area (Å²) in [7, 11) is 0. The SMILES string of the molecule is NC(CCc1ccccn1)c1cccc(C2CCC2)c1. The first-order valence-electron chi connectivity index (χ1n) is 7.58. The molecule has 1 aliphatic rings. The van der Waals surface area contributed by atoms with Gasteiger partial charge in [-0.15, -0.1) is 0 Å². The second kappa shape index (κ2) is 6.19. The molecule has 0 aliphatic heterocycles. The first-order valence-corrected chi connectivity index (χ1v) is 7.58. The zero-order chi connectivity index (χ0) is 13.8. The van der Waals surface area contributed by atoms with Crippen LogP contribution in [-0.2, 0) is 6.42 Å². The Morgan fingerprint density at radius 3 is 2.75 bits per heavy atom. The molecule has 1 aromatic carbocycles. The third kappa shape index (κ3) is 3.07. The number of rotatable bonds is 5. The zero-order valence-corrected chi connectivity index (χ0v) is 11.8. The number of aryl methyl sites for hydroxylation is 1. The predicted molar refractivity (Wildman–Crippen MR) is 82.5 cm³/mol. The highest BCUT2D eigenvalue weighted by atomic mass is 14.7. The summed E-state index contributed by atoms with van der Waals surface area (Å²) >= 11 is 0. The van der Waals surface area contributed by atoms with E-state index in [1.165, 1.54) is 30.4 Å². The Morgan fingerprint density at radius 1 is 1.15 bits per heavy atom. The van der Waals surface area contributed by atoms with Crippen molar-refractivity contribution < 1.29 is 0 Å². The van der Waals surface area contributed by atoms with E-state index in [1.54, 1.807) is 0 Å². The molecule has 1 aromatic heterocycles. The van der Waals surface area contributed by atoms with Gasteiger partial charge in [0.2, 0.25) is 0 Å². The third-order valence-corrected chi connectivity index (χ3v) is 4.35. The van der Waals surface area contributed by atoms with Gasteiger partial charge in [-0.25, -0.2) is 0 Å². The van der Waals surface area contributed by atoms with Gasteiger partial charge in [0.05, 0.1) is 0 Å². The van der Waals surface area contributed by atoms with Gasteiger partial charge in [-0.2, -0.15) is 0 Å². The lowest BCUT2D eigenvalue weighted by molar-refractivity contribution is 0.419. The van der Waals surface area contributed by atoms with Gasteiger partial charge < -0.3 is 5.73 Å². The first-order chi connectivity index (χ1) is 9.83. The van der Waals surface area contributed by atoms with E-state index in [9.17, 15) is 0 Å². The fraction of sp³-hybridized carbons (Fsp3) is 0.389. The molecular weight excluding hydrogens is 244 g/mol. The summed E-state index contributed by atoms with van der Waals surface area (Å²) in [6, 6.07) is 15.0. The molecule has 1 unspecified atom stereocenters. The molecule has 1 heterocycles. The van der Waals surface area contributed by atoms with Crippen LogP contribution < -0.4 is 5.73 Å². The fourth-order valence-electron chi connectivity index (χ4n) is 2.80. The van der Waals surface area contributed by atoms with Crippen LogP contribution in [0.3, 0.4) is 0 Å². The molecule has 2 heteroatoms. The van der Waals surface area contributed by atoms with E-state index in [0.717, 1.165) is 24.5 Å². The highest BCUT2D eigenvalue weighted by molar-refractivity contribution is 5.29. The van der Waals surface area contributed by atoms with Crippen molar-refractivity contribution in [1.82, 2.24) is 4.98 Å². The van der Waals surface area contributed by atoms with E-state index >= 15 is 0 Å². The van der Waals surface area contributed by atoms with Gasteiger partial charge in [0.15, 0.2) is 0 Å². The van der Waals surface area contributed by atoms with Gasteiger partial charge in [-0.1, -0.05) is 36.8 Å². The lowest BCUT2D eigenvalue weighted by Gasteiger charge is -2.26. The van der Waals surface area contributed by atoms with E-state index < -0.39 is 0 Å².